The number of imidazole rings is 1. The van der Waals surface area contributed by atoms with E-state index in [0.717, 1.165) is 11.3 Å². The van der Waals surface area contributed by atoms with Gasteiger partial charge >= 0.3 is 18.2 Å². The minimum Gasteiger partial charge on any atom is -0.474 e. The van der Waals surface area contributed by atoms with E-state index in [1.807, 2.05) is 0 Å². The lowest BCUT2D eigenvalue weighted by Gasteiger charge is -2.15. The van der Waals surface area contributed by atoms with Crippen molar-refractivity contribution in [3.05, 3.63) is 75.0 Å². The summed E-state index contributed by atoms with van der Waals surface area (Å²) in [7, 11) is 0. The minimum absolute atomic E-state index is 0.0170. The second-order valence-corrected chi connectivity index (χ2v) is 9.12. The summed E-state index contributed by atoms with van der Waals surface area (Å²) in [5.41, 5.74) is -3.08. The number of aromatic nitrogens is 3. The van der Waals surface area contributed by atoms with Gasteiger partial charge in [-0.15, -0.1) is 11.3 Å². The highest BCUT2D eigenvalue weighted by Gasteiger charge is 2.37. The van der Waals surface area contributed by atoms with Gasteiger partial charge in [-0.25, -0.2) is 9.55 Å². The van der Waals surface area contributed by atoms with Gasteiger partial charge in [-0.1, -0.05) is 29.9 Å². The molecule has 1 aromatic carbocycles. The number of pyridine rings is 1. The number of alkyl halides is 6. The number of benzene rings is 1. The van der Waals surface area contributed by atoms with Crippen LogP contribution < -0.4 is 9.72 Å². The third-order valence-corrected chi connectivity index (χ3v) is 6.12. The van der Waals surface area contributed by atoms with Crippen LogP contribution >= 0.6 is 35.2 Å². The van der Waals surface area contributed by atoms with E-state index in [1.54, 1.807) is 22.8 Å². The summed E-state index contributed by atoms with van der Waals surface area (Å²) in [5.74, 6) is -0.355. The number of thiocarbonyl (C=S) groups is 1. The van der Waals surface area contributed by atoms with Crippen molar-refractivity contribution in [3.8, 4) is 5.88 Å². The molecule has 0 fully saturated rings. The second kappa shape index (κ2) is 8.71. The van der Waals surface area contributed by atoms with Crippen molar-refractivity contribution in [1.82, 2.24) is 9.55 Å². The zero-order chi connectivity index (χ0) is 24.8. The van der Waals surface area contributed by atoms with Crippen molar-refractivity contribution in [2.24, 2.45) is 0 Å². The zero-order valence-corrected chi connectivity index (χ0v) is 19.0. The molecule has 3 aromatic heterocycles. The van der Waals surface area contributed by atoms with Crippen LogP contribution in [0.1, 0.15) is 21.7 Å². The molecule has 0 radical (unpaired) electrons. The number of nitrogens with zero attached hydrogens (tertiary/aromatic N) is 3. The van der Waals surface area contributed by atoms with E-state index in [-0.39, 0.29) is 33.6 Å². The number of halogens is 7. The molecule has 0 spiro atoms. The maximum absolute atomic E-state index is 13.2. The normalized spacial score (nSPS) is 12.3. The van der Waals surface area contributed by atoms with Gasteiger partial charge in [0.2, 0.25) is 5.69 Å². The molecule has 0 aliphatic heterocycles. The van der Waals surface area contributed by atoms with Crippen LogP contribution in [0.4, 0.5) is 32.0 Å². The van der Waals surface area contributed by atoms with Crippen molar-refractivity contribution in [1.29, 1.82) is 0 Å². The van der Waals surface area contributed by atoms with Crippen LogP contribution in [-0.2, 0) is 18.9 Å². The first-order chi connectivity index (χ1) is 15.8. The van der Waals surface area contributed by atoms with Crippen LogP contribution in [0.15, 0.2) is 48.8 Å². The second-order valence-electron chi connectivity index (χ2n) is 7.02. The fraction of sp³-hybridized carbons (Fsp3) is 0.150. The van der Waals surface area contributed by atoms with Crippen LogP contribution in [0.5, 0.6) is 5.88 Å². The Labute approximate surface area is 201 Å². The molecule has 4 aromatic rings. The number of hydrogen-bond acceptors (Lipinski definition) is 4. The Morgan fingerprint density at radius 1 is 1.12 bits per heavy atom. The molecular formula is C20H12ClF6N4OS2+. The van der Waals surface area contributed by atoms with Gasteiger partial charge in [0.1, 0.15) is 6.54 Å². The summed E-state index contributed by atoms with van der Waals surface area (Å²) in [5, 5.41) is 13.2. The van der Waals surface area contributed by atoms with Gasteiger partial charge in [0.15, 0.2) is 9.46 Å². The lowest BCUT2D eigenvalue weighted by atomic mass is 10.1. The molecule has 4 rings (SSSR count). The number of anilines is 1. The number of nitrogens with one attached hydrogen (secondary N) is 1. The molecular weight excluding hydrogens is 526 g/mol. The molecule has 0 aliphatic carbocycles. The van der Waals surface area contributed by atoms with Gasteiger partial charge in [-0.2, -0.15) is 30.7 Å². The maximum Gasteiger partial charge on any atom is 0.416 e. The van der Waals surface area contributed by atoms with E-state index in [1.165, 1.54) is 16.8 Å². The van der Waals surface area contributed by atoms with Crippen molar-refractivity contribution < 1.29 is 35.8 Å². The van der Waals surface area contributed by atoms with Crippen LogP contribution in [0.25, 0.3) is 5.65 Å². The van der Waals surface area contributed by atoms with E-state index in [9.17, 15) is 31.4 Å². The molecule has 5 nitrogen and oxygen atoms in total. The van der Waals surface area contributed by atoms with Gasteiger partial charge in [0.25, 0.3) is 5.65 Å². The highest BCUT2D eigenvalue weighted by molar-refractivity contribution is 7.81. The van der Waals surface area contributed by atoms with E-state index >= 15 is 0 Å². The number of fused-ring (bicyclic) bond motifs is 1. The summed E-state index contributed by atoms with van der Waals surface area (Å²) in [4.78, 5) is 4.33. The fourth-order valence-electron chi connectivity index (χ4n) is 3.30. The summed E-state index contributed by atoms with van der Waals surface area (Å²) in [6.07, 6.45) is -7.00. The average Bonchev–Trinajstić information content (AvgIpc) is 3.28. The van der Waals surface area contributed by atoms with Gasteiger partial charge in [0.05, 0.1) is 22.2 Å². The molecule has 0 aliphatic rings. The molecule has 0 saturated heterocycles. The predicted molar refractivity (Wildman–Crippen MR) is 117 cm³/mol. The molecule has 0 saturated carbocycles. The molecule has 14 heteroatoms. The molecule has 0 atom stereocenters. The van der Waals surface area contributed by atoms with Crippen molar-refractivity contribution in [3.63, 3.8) is 0 Å². The van der Waals surface area contributed by atoms with Crippen LogP contribution in [0.3, 0.4) is 0 Å². The predicted octanol–water partition coefficient (Wildman–Crippen LogP) is 5.92. The molecule has 0 amide bonds. The topological polar surface area (TPSA) is 54.2 Å². The summed E-state index contributed by atoms with van der Waals surface area (Å²) >= 11 is 12.4. The molecule has 3 heterocycles. The van der Waals surface area contributed by atoms with Crippen molar-refractivity contribution in [2.45, 2.75) is 18.9 Å². The Morgan fingerprint density at radius 2 is 1.76 bits per heavy atom. The summed E-state index contributed by atoms with van der Waals surface area (Å²) in [6.45, 7) is 0.131. The van der Waals surface area contributed by atoms with Gasteiger partial charge < -0.3 is 10.4 Å². The van der Waals surface area contributed by atoms with Crippen LogP contribution in [0.2, 0.25) is 4.47 Å². The quantitative estimate of drug-likeness (QED) is 0.193. The molecule has 178 valence electrons. The van der Waals surface area contributed by atoms with E-state index in [0.29, 0.717) is 22.7 Å². The standard InChI is InChI=1S/C20H11ClF6N4OS2/c21-18-28-8-13(34-18)9-31-14-3-1-2-4-30(14)17(32)15(31)16(33)29-12-6-10(19(22,23)24)5-11(7-12)20(25,26)27/h1-8H,9H2,(H-,29,32,33)/p+1. The Morgan fingerprint density at radius 3 is 2.32 bits per heavy atom. The van der Waals surface area contributed by atoms with Gasteiger partial charge in [0, 0.05) is 18.0 Å². The summed E-state index contributed by atoms with van der Waals surface area (Å²) in [6, 6.07) is 6.02. The SMILES string of the molecule is Oc1c(C(=S)Nc2cc(C(F)(F)F)cc(C(F)(F)F)c2)n(Cc2cnc(Cl)s2)c2cccc[n+]12. The van der Waals surface area contributed by atoms with Gasteiger partial charge in [-0.05, 0) is 24.3 Å². The highest BCUT2D eigenvalue weighted by atomic mass is 35.5. The Bertz CT molecular complexity index is 1360. The smallest absolute Gasteiger partial charge is 0.416 e. The van der Waals surface area contributed by atoms with E-state index < -0.39 is 29.2 Å². The van der Waals surface area contributed by atoms with Gasteiger partial charge in [-0.3, -0.25) is 0 Å². The number of thiazole rings is 1. The third kappa shape index (κ3) is 4.81. The maximum atomic E-state index is 13.2. The Balaban J connectivity index is 1.80. The minimum atomic E-state index is -5.02. The first-order valence-electron chi connectivity index (χ1n) is 9.27. The molecule has 2 N–H and O–H groups in total. The highest BCUT2D eigenvalue weighted by Crippen LogP contribution is 2.38. The lowest BCUT2D eigenvalue weighted by molar-refractivity contribution is -0.521. The van der Waals surface area contributed by atoms with E-state index in [2.05, 4.69) is 10.3 Å². The number of rotatable bonds is 4. The molecule has 0 bridgehead atoms. The fourth-order valence-corrected chi connectivity index (χ4v) is 4.58. The monoisotopic (exact) mass is 537 g/mol. The molecule has 34 heavy (non-hydrogen) atoms. The van der Waals surface area contributed by atoms with Crippen LogP contribution in [0, 0.1) is 0 Å². The Kier molecular flexibility index (Phi) is 6.21. The van der Waals surface area contributed by atoms with Crippen LogP contribution in [-0.4, -0.2) is 19.6 Å². The first-order valence-corrected chi connectivity index (χ1v) is 10.9. The zero-order valence-electron chi connectivity index (χ0n) is 16.6. The number of aromatic hydroxyl groups is 1. The number of hydrogen-bond donors (Lipinski definition) is 2. The summed E-state index contributed by atoms with van der Waals surface area (Å²) < 4.78 is 82.5. The third-order valence-electron chi connectivity index (χ3n) is 4.72. The first kappa shape index (κ1) is 24.2. The Hall–Kier alpha value is -2.90. The average molecular weight is 538 g/mol. The van der Waals surface area contributed by atoms with Crippen molar-refractivity contribution in [2.75, 3.05) is 5.32 Å². The van der Waals surface area contributed by atoms with E-state index in [4.69, 9.17) is 23.8 Å². The van der Waals surface area contributed by atoms with Crippen molar-refractivity contribution >= 4 is 51.5 Å². The largest absolute Gasteiger partial charge is 0.474 e. The lowest BCUT2D eigenvalue weighted by Crippen LogP contribution is -2.19. The molecule has 0 unspecified atom stereocenters.